The molecule has 0 bridgehead atoms. The zero-order chi connectivity index (χ0) is 20.4. The molecule has 2 amide bonds. The Bertz CT molecular complexity index is 1090. The van der Waals surface area contributed by atoms with Crippen LogP contribution in [0.25, 0.3) is 5.57 Å². The summed E-state index contributed by atoms with van der Waals surface area (Å²) in [5.41, 5.74) is 1.88. The van der Waals surface area contributed by atoms with Gasteiger partial charge in [0.2, 0.25) is 0 Å². The molecule has 3 aromatic rings. The van der Waals surface area contributed by atoms with Crippen molar-refractivity contribution in [1.29, 1.82) is 0 Å². The molecule has 0 aliphatic carbocycles. The van der Waals surface area contributed by atoms with E-state index in [-0.39, 0.29) is 11.3 Å². The Morgan fingerprint density at radius 2 is 1.48 bits per heavy atom. The maximum absolute atomic E-state index is 13.4. The van der Waals surface area contributed by atoms with E-state index in [1.165, 1.54) is 31.4 Å². The minimum absolute atomic E-state index is 0.142. The summed E-state index contributed by atoms with van der Waals surface area (Å²) in [5.74, 6) is -0.772. The van der Waals surface area contributed by atoms with E-state index in [9.17, 15) is 14.0 Å². The molecule has 0 aromatic heterocycles. The highest BCUT2D eigenvalue weighted by molar-refractivity contribution is 6.46. The van der Waals surface area contributed by atoms with Crippen molar-refractivity contribution >= 4 is 28.8 Å². The van der Waals surface area contributed by atoms with E-state index in [0.717, 1.165) is 4.90 Å². The standard InChI is InChI=1S/C23H17FN2O3/c1-29-19-13-11-18(12-14-19)26-22(27)20(15-7-9-16(24)10-8-15)21(23(26)28)25-17-5-3-2-4-6-17/h2-14,25H,1H3. The number of nitrogens with one attached hydrogen (secondary N) is 1. The second-order valence-corrected chi connectivity index (χ2v) is 6.39. The lowest BCUT2D eigenvalue weighted by atomic mass is 10.0. The normalized spacial score (nSPS) is 13.8. The SMILES string of the molecule is COc1ccc(N2C(=O)C(Nc3ccccc3)=C(c3ccc(F)cc3)C2=O)cc1. The highest BCUT2D eigenvalue weighted by Crippen LogP contribution is 2.34. The quantitative estimate of drug-likeness (QED) is 0.665. The molecule has 6 heteroatoms. The van der Waals surface area contributed by atoms with E-state index in [4.69, 9.17) is 4.74 Å². The van der Waals surface area contributed by atoms with Crippen LogP contribution in [0.15, 0.2) is 84.6 Å². The maximum atomic E-state index is 13.4. The van der Waals surface area contributed by atoms with Crippen LogP contribution in [0.4, 0.5) is 15.8 Å². The van der Waals surface area contributed by atoms with Gasteiger partial charge in [-0.05, 0) is 54.1 Å². The summed E-state index contributed by atoms with van der Waals surface area (Å²) >= 11 is 0. The Labute approximate surface area is 167 Å². The summed E-state index contributed by atoms with van der Waals surface area (Å²) in [5, 5.41) is 3.06. The van der Waals surface area contributed by atoms with Crippen LogP contribution in [-0.2, 0) is 9.59 Å². The molecule has 4 rings (SSSR count). The van der Waals surface area contributed by atoms with Gasteiger partial charge in [0.1, 0.15) is 17.3 Å². The molecule has 1 aliphatic heterocycles. The average Bonchev–Trinajstić information content (AvgIpc) is 2.99. The first-order valence-corrected chi connectivity index (χ1v) is 8.93. The third-order valence-corrected chi connectivity index (χ3v) is 4.59. The number of carbonyl (C=O) groups excluding carboxylic acids is 2. The number of amides is 2. The number of carbonyl (C=O) groups is 2. The summed E-state index contributed by atoms with van der Waals surface area (Å²) in [6.07, 6.45) is 0. The van der Waals surface area contributed by atoms with Crippen molar-refractivity contribution in [3.8, 4) is 5.75 Å². The van der Waals surface area contributed by atoms with Gasteiger partial charge >= 0.3 is 0 Å². The van der Waals surface area contributed by atoms with Gasteiger partial charge in [0, 0.05) is 5.69 Å². The number of benzene rings is 3. The Morgan fingerprint density at radius 1 is 0.828 bits per heavy atom. The molecule has 29 heavy (non-hydrogen) atoms. The van der Waals surface area contributed by atoms with Gasteiger partial charge in [-0.3, -0.25) is 9.59 Å². The van der Waals surface area contributed by atoms with E-state index < -0.39 is 17.6 Å². The molecule has 0 fully saturated rings. The monoisotopic (exact) mass is 388 g/mol. The Kier molecular flexibility index (Phi) is 4.83. The molecule has 1 heterocycles. The van der Waals surface area contributed by atoms with Crippen LogP contribution in [-0.4, -0.2) is 18.9 Å². The summed E-state index contributed by atoms with van der Waals surface area (Å²) in [7, 11) is 1.54. The molecule has 0 saturated heterocycles. The lowest BCUT2D eigenvalue weighted by Crippen LogP contribution is -2.32. The summed E-state index contributed by atoms with van der Waals surface area (Å²) in [6, 6.07) is 21.2. The summed E-state index contributed by atoms with van der Waals surface area (Å²) in [6.45, 7) is 0. The first-order valence-electron chi connectivity index (χ1n) is 8.93. The number of halogens is 1. The second-order valence-electron chi connectivity index (χ2n) is 6.39. The minimum atomic E-state index is -0.483. The van der Waals surface area contributed by atoms with Gasteiger partial charge in [-0.25, -0.2) is 9.29 Å². The van der Waals surface area contributed by atoms with Gasteiger partial charge < -0.3 is 10.1 Å². The van der Waals surface area contributed by atoms with Gasteiger partial charge in [0.05, 0.1) is 18.4 Å². The van der Waals surface area contributed by atoms with Crippen molar-refractivity contribution in [2.45, 2.75) is 0 Å². The highest BCUT2D eigenvalue weighted by atomic mass is 19.1. The molecule has 0 radical (unpaired) electrons. The molecule has 5 nitrogen and oxygen atoms in total. The number of rotatable bonds is 5. The predicted octanol–water partition coefficient (Wildman–Crippen LogP) is 4.23. The van der Waals surface area contributed by atoms with Gasteiger partial charge in [-0.15, -0.1) is 0 Å². The zero-order valence-electron chi connectivity index (χ0n) is 15.6. The van der Waals surface area contributed by atoms with Crippen molar-refractivity contribution in [2.24, 2.45) is 0 Å². The molecule has 144 valence electrons. The van der Waals surface area contributed by atoms with Crippen LogP contribution in [0.1, 0.15) is 5.56 Å². The zero-order valence-corrected chi connectivity index (χ0v) is 15.6. The lowest BCUT2D eigenvalue weighted by Gasteiger charge is -2.15. The van der Waals surface area contributed by atoms with Crippen molar-refractivity contribution in [3.05, 3.63) is 95.9 Å². The molecular formula is C23H17FN2O3. The summed E-state index contributed by atoms with van der Waals surface area (Å²) in [4.78, 5) is 27.5. The van der Waals surface area contributed by atoms with Crippen molar-refractivity contribution in [3.63, 3.8) is 0 Å². The third-order valence-electron chi connectivity index (χ3n) is 4.59. The minimum Gasteiger partial charge on any atom is -0.497 e. The molecule has 1 aliphatic rings. The molecule has 0 atom stereocenters. The first kappa shape index (κ1) is 18.4. The van der Waals surface area contributed by atoms with E-state index in [1.807, 2.05) is 18.2 Å². The van der Waals surface area contributed by atoms with Crippen molar-refractivity contribution in [1.82, 2.24) is 0 Å². The Morgan fingerprint density at radius 3 is 2.10 bits per heavy atom. The number of ether oxygens (including phenoxy) is 1. The molecule has 0 spiro atoms. The van der Waals surface area contributed by atoms with Gasteiger partial charge in [-0.2, -0.15) is 0 Å². The number of hydrogen-bond acceptors (Lipinski definition) is 4. The van der Waals surface area contributed by atoms with Gasteiger partial charge in [-0.1, -0.05) is 30.3 Å². The van der Waals surface area contributed by atoms with Crippen molar-refractivity contribution in [2.75, 3.05) is 17.3 Å². The van der Waals surface area contributed by atoms with Gasteiger partial charge in [0.25, 0.3) is 11.8 Å². The lowest BCUT2D eigenvalue weighted by molar-refractivity contribution is -0.120. The van der Waals surface area contributed by atoms with Crippen LogP contribution in [0.3, 0.4) is 0 Å². The van der Waals surface area contributed by atoms with Crippen molar-refractivity contribution < 1.29 is 18.7 Å². The van der Waals surface area contributed by atoms with Crippen LogP contribution in [0, 0.1) is 5.82 Å². The fourth-order valence-electron chi connectivity index (χ4n) is 3.16. The second kappa shape index (κ2) is 7.59. The van der Waals surface area contributed by atoms with Crippen LogP contribution < -0.4 is 15.0 Å². The smallest absolute Gasteiger partial charge is 0.282 e. The van der Waals surface area contributed by atoms with E-state index >= 15 is 0 Å². The fourth-order valence-corrected chi connectivity index (χ4v) is 3.16. The number of para-hydroxylation sites is 1. The first-order chi connectivity index (χ1) is 14.1. The average molecular weight is 388 g/mol. The van der Waals surface area contributed by atoms with Crippen LogP contribution >= 0.6 is 0 Å². The van der Waals surface area contributed by atoms with Crippen LogP contribution in [0.2, 0.25) is 0 Å². The van der Waals surface area contributed by atoms with Gasteiger partial charge in [0.15, 0.2) is 0 Å². The van der Waals surface area contributed by atoms with E-state index in [0.29, 0.717) is 22.7 Å². The third kappa shape index (κ3) is 3.48. The summed E-state index contributed by atoms with van der Waals surface area (Å²) < 4.78 is 18.5. The highest BCUT2D eigenvalue weighted by Gasteiger charge is 2.40. The number of hydrogen-bond donors (Lipinski definition) is 1. The molecule has 0 unspecified atom stereocenters. The predicted molar refractivity (Wildman–Crippen MR) is 109 cm³/mol. The Balaban J connectivity index is 1.79. The number of anilines is 2. The largest absolute Gasteiger partial charge is 0.497 e. The Hall–Kier alpha value is -3.93. The molecule has 3 aromatic carbocycles. The number of nitrogens with zero attached hydrogens (tertiary/aromatic N) is 1. The molecular weight excluding hydrogens is 371 g/mol. The molecule has 0 saturated carbocycles. The maximum Gasteiger partial charge on any atom is 0.282 e. The fraction of sp³-hybridized carbons (Fsp3) is 0.0435. The number of imide groups is 1. The number of methoxy groups -OCH3 is 1. The van der Waals surface area contributed by atoms with E-state index in [1.54, 1.807) is 36.4 Å². The molecule has 1 N–H and O–H groups in total. The van der Waals surface area contributed by atoms with Crippen LogP contribution in [0.5, 0.6) is 5.75 Å². The topological polar surface area (TPSA) is 58.6 Å². The van der Waals surface area contributed by atoms with E-state index in [2.05, 4.69) is 5.32 Å².